The molecular weight excluding hydrogens is 801 g/mol. The molecule has 0 amide bonds. The predicted octanol–water partition coefficient (Wildman–Crippen LogP) is 4.02. The Kier molecular flexibility index (Phi) is 33.4. The van der Waals surface area contributed by atoms with Crippen LogP contribution in [0.2, 0.25) is 0 Å². The Hall–Kier alpha value is -3.02. The molecule has 0 bridgehead atoms. The molecule has 2 aromatic carbocycles. The van der Waals surface area contributed by atoms with Crippen LogP contribution in [0.3, 0.4) is 0 Å². The summed E-state index contributed by atoms with van der Waals surface area (Å²) in [6, 6.07) is 11.1. The van der Waals surface area contributed by atoms with E-state index in [4.69, 9.17) is 61.6 Å². The number of ether oxygens (including phenoxy) is 13. The van der Waals surface area contributed by atoms with E-state index in [1.807, 2.05) is 7.05 Å². The normalized spacial score (nSPS) is 11.7. The van der Waals surface area contributed by atoms with Gasteiger partial charge < -0.3 is 72.2 Å². The number of alkyl halides is 3. The van der Waals surface area contributed by atoms with Gasteiger partial charge in [-0.05, 0) is 37.4 Å². The van der Waals surface area contributed by atoms with Crippen molar-refractivity contribution in [3.05, 3.63) is 59.7 Å². The molecule has 0 aromatic heterocycles. The summed E-state index contributed by atoms with van der Waals surface area (Å²) < 4.78 is 110. The molecule has 60 heavy (non-hydrogen) atoms. The lowest BCUT2D eigenvalue weighted by molar-refractivity contribution is -0.137. The summed E-state index contributed by atoms with van der Waals surface area (Å²) in [5.41, 5.74) is -0.0977. The van der Waals surface area contributed by atoms with Gasteiger partial charge in [0.15, 0.2) is 0 Å². The van der Waals surface area contributed by atoms with E-state index in [0.717, 1.165) is 18.7 Å². The number of hydrogen-bond acceptors (Lipinski definition) is 16. The molecule has 16 nitrogen and oxygen atoms in total. The summed E-state index contributed by atoms with van der Waals surface area (Å²) in [5, 5.41) is 5.87. The van der Waals surface area contributed by atoms with Gasteiger partial charge in [0, 0.05) is 12.2 Å². The number of carbonyl (C=O) groups excluding carboxylic acids is 1. The molecule has 0 atom stereocenters. The highest BCUT2D eigenvalue weighted by molar-refractivity contribution is 5.96. The molecule has 0 saturated heterocycles. The van der Waals surface area contributed by atoms with Crippen LogP contribution in [0.4, 0.5) is 24.5 Å². The third-order valence-corrected chi connectivity index (χ3v) is 7.67. The number of anilines is 2. The molecule has 0 radical (unpaired) electrons. The van der Waals surface area contributed by atoms with Gasteiger partial charge in [-0.2, -0.15) is 13.2 Å². The minimum absolute atomic E-state index is 0.00477. The van der Waals surface area contributed by atoms with Crippen LogP contribution < -0.4 is 10.6 Å². The van der Waals surface area contributed by atoms with Gasteiger partial charge >= 0.3 is 12.1 Å². The molecule has 0 unspecified atom stereocenters. The highest BCUT2D eigenvalue weighted by Gasteiger charge is 2.30. The number of likely N-dealkylation sites (N-methyl/N-ethyl adjacent to an activating group) is 1. The van der Waals surface area contributed by atoms with Crippen LogP contribution >= 0.6 is 0 Å². The second-order valence-electron chi connectivity index (χ2n) is 12.3. The van der Waals surface area contributed by atoms with Crippen molar-refractivity contribution in [2.24, 2.45) is 0 Å². The minimum Gasteiger partial charge on any atom is -0.460 e. The van der Waals surface area contributed by atoms with Gasteiger partial charge in [-0.15, -0.1) is 0 Å². The molecule has 0 aliphatic heterocycles. The largest absolute Gasteiger partial charge is 0.460 e. The van der Waals surface area contributed by atoms with Gasteiger partial charge in [0.2, 0.25) is 0 Å². The SMILES string of the molecule is CNCCOCCOCCOCCOCCOCCOCCOCCOCCOCCOCCOCCOCCOC(=O)c1ccccc1Nc1cccc(C(F)(F)F)c1. The number of halogens is 3. The highest BCUT2D eigenvalue weighted by Crippen LogP contribution is 2.32. The molecule has 2 aromatic rings. The average Bonchev–Trinajstić information content (AvgIpc) is 3.24. The zero-order valence-corrected chi connectivity index (χ0v) is 34.9. The second kappa shape index (κ2) is 37.7. The van der Waals surface area contributed by atoms with Crippen LogP contribution in [0.15, 0.2) is 48.5 Å². The Bertz CT molecular complexity index is 1300. The van der Waals surface area contributed by atoms with Crippen molar-refractivity contribution in [2.45, 2.75) is 6.18 Å². The molecule has 0 saturated carbocycles. The molecule has 0 fully saturated rings. The van der Waals surface area contributed by atoms with E-state index in [-0.39, 0.29) is 24.5 Å². The van der Waals surface area contributed by atoms with E-state index in [1.54, 1.807) is 18.2 Å². The second-order valence-corrected chi connectivity index (χ2v) is 12.3. The topological polar surface area (TPSA) is 161 Å². The lowest BCUT2D eigenvalue weighted by atomic mass is 10.1. The first-order valence-electron chi connectivity index (χ1n) is 20.2. The number of benzene rings is 2. The highest BCUT2D eigenvalue weighted by atomic mass is 19.4. The monoisotopic (exact) mass is 866 g/mol. The molecule has 0 aliphatic carbocycles. The lowest BCUT2D eigenvalue weighted by Gasteiger charge is -2.13. The maximum absolute atomic E-state index is 13.1. The first-order chi connectivity index (χ1) is 29.4. The first-order valence-corrected chi connectivity index (χ1v) is 20.2. The van der Waals surface area contributed by atoms with Crippen LogP contribution in [0.5, 0.6) is 0 Å². The fourth-order valence-electron chi connectivity index (χ4n) is 4.67. The van der Waals surface area contributed by atoms with Crippen LogP contribution in [-0.4, -0.2) is 185 Å². The van der Waals surface area contributed by atoms with Crippen molar-refractivity contribution in [1.29, 1.82) is 0 Å². The molecule has 19 heteroatoms. The van der Waals surface area contributed by atoms with Gasteiger partial charge in [0.1, 0.15) is 6.61 Å². The number of carbonyl (C=O) groups is 1. The lowest BCUT2D eigenvalue weighted by Crippen LogP contribution is -2.17. The van der Waals surface area contributed by atoms with E-state index in [9.17, 15) is 18.0 Å². The van der Waals surface area contributed by atoms with E-state index >= 15 is 0 Å². The molecule has 0 spiro atoms. The van der Waals surface area contributed by atoms with Crippen molar-refractivity contribution in [3.8, 4) is 0 Å². The number of para-hydroxylation sites is 1. The van der Waals surface area contributed by atoms with Crippen molar-refractivity contribution in [3.63, 3.8) is 0 Å². The third kappa shape index (κ3) is 30.1. The number of esters is 1. The Morgan fingerprint density at radius 1 is 0.467 bits per heavy atom. The van der Waals surface area contributed by atoms with E-state index in [0.29, 0.717) is 158 Å². The summed E-state index contributed by atoms with van der Waals surface area (Å²) in [6.07, 6.45) is -4.48. The predicted molar refractivity (Wildman–Crippen MR) is 215 cm³/mol. The van der Waals surface area contributed by atoms with E-state index in [2.05, 4.69) is 10.6 Å². The van der Waals surface area contributed by atoms with Gasteiger partial charge in [0.05, 0.1) is 175 Å². The van der Waals surface area contributed by atoms with Crippen molar-refractivity contribution < 1.29 is 79.5 Å². The molecule has 0 aliphatic rings. The fraction of sp³-hybridized carbons (Fsp3) is 0.683. The van der Waals surface area contributed by atoms with Crippen molar-refractivity contribution in [1.82, 2.24) is 5.32 Å². The Morgan fingerprint density at radius 2 is 0.817 bits per heavy atom. The van der Waals surface area contributed by atoms with Gasteiger partial charge in [-0.25, -0.2) is 4.79 Å². The average molecular weight is 867 g/mol. The van der Waals surface area contributed by atoms with Crippen LogP contribution in [0, 0.1) is 0 Å². The summed E-state index contributed by atoms with van der Waals surface area (Å²) >= 11 is 0. The first kappa shape index (κ1) is 53.1. The van der Waals surface area contributed by atoms with Crippen molar-refractivity contribution >= 4 is 17.3 Å². The fourth-order valence-corrected chi connectivity index (χ4v) is 4.67. The summed E-state index contributed by atoms with van der Waals surface area (Å²) in [4.78, 5) is 12.6. The Balaban J connectivity index is 1.24. The smallest absolute Gasteiger partial charge is 0.416 e. The van der Waals surface area contributed by atoms with Crippen LogP contribution in [-0.2, 0) is 67.8 Å². The van der Waals surface area contributed by atoms with Crippen LogP contribution in [0.25, 0.3) is 0 Å². The summed E-state index contributed by atoms with van der Waals surface area (Å²) in [6.45, 7) is 11.9. The molecule has 2 N–H and O–H groups in total. The number of nitrogens with one attached hydrogen (secondary N) is 2. The summed E-state index contributed by atoms with van der Waals surface area (Å²) in [7, 11) is 1.89. The Labute approximate surface area is 351 Å². The molecule has 0 heterocycles. The quantitative estimate of drug-likeness (QED) is 0.0727. The molecule has 344 valence electrons. The maximum atomic E-state index is 13.1. The number of hydrogen-bond donors (Lipinski definition) is 2. The zero-order valence-electron chi connectivity index (χ0n) is 34.9. The van der Waals surface area contributed by atoms with E-state index in [1.165, 1.54) is 18.2 Å². The van der Waals surface area contributed by atoms with Gasteiger partial charge in [0.25, 0.3) is 0 Å². The van der Waals surface area contributed by atoms with Gasteiger partial charge in [-0.3, -0.25) is 0 Å². The molecular formula is C41H65F3N2O14. The maximum Gasteiger partial charge on any atom is 0.416 e. The van der Waals surface area contributed by atoms with E-state index < -0.39 is 17.7 Å². The van der Waals surface area contributed by atoms with Crippen molar-refractivity contribution in [2.75, 3.05) is 184 Å². The summed E-state index contributed by atoms with van der Waals surface area (Å²) in [5.74, 6) is -0.631. The molecule has 2 rings (SSSR count). The van der Waals surface area contributed by atoms with Gasteiger partial charge in [-0.1, -0.05) is 18.2 Å². The standard InChI is InChI=1S/C41H65F3N2O14/c1-45-9-10-48-11-12-49-13-14-50-15-16-51-17-18-52-19-20-53-21-22-54-23-24-55-25-26-56-27-28-57-29-30-58-31-32-59-33-34-60-40(47)38-7-2-3-8-39(38)46-37-6-4-5-36(35-37)41(42,43)44/h2-8,35,45-46H,9-34H2,1H3. The van der Waals surface area contributed by atoms with Crippen LogP contribution in [0.1, 0.15) is 15.9 Å². The number of rotatable bonds is 42. The minimum atomic E-state index is -4.48. The Morgan fingerprint density at radius 3 is 1.18 bits per heavy atom. The third-order valence-electron chi connectivity index (χ3n) is 7.67. The zero-order chi connectivity index (χ0) is 43.0.